The number of halogens is 1. The summed E-state index contributed by atoms with van der Waals surface area (Å²) >= 11 is 4.74. The highest BCUT2D eigenvalue weighted by molar-refractivity contribution is 7.80. The Morgan fingerprint density at radius 2 is 2.11 bits per heavy atom. The van der Waals surface area contributed by atoms with Crippen molar-refractivity contribution in [1.82, 2.24) is 9.55 Å². The summed E-state index contributed by atoms with van der Waals surface area (Å²) < 4.78 is 15.2. The van der Waals surface area contributed by atoms with Gasteiger partial charge >= 0.3 is 5.69 Å². The van der Waals surface area contributed by atoms with Crippen molar-refractivity contribution in [3.05, 3.63) is 68.2 Å². The molecule has 0 amide bonds. The van der Waals surface area contributed by atoms with Crippen LogP contribution in [-0.4, -0.2) is 14.5 Å². The van der Waals surface area contributed by atoms with E-state index in [1.165, 1.54) is 29.0 Å². The maximum absolute atomic E-state index is 14.1. The maximum Gasteiger partial charge on any atom is 0.328 e. The molecule has 0 atom stereocenters. The molecule has 0 fully saturated rings. The Labute approximate surface area is 112 Å². The highest BCUT2D eigenvalue weighted by Crippen LogP contribution is 2.13. The van der Waals surface area contributed by atoms with E-state index in [1.54, 1.807) is 6.07 Å². The van der Waals surface area contributed by atoms with E-state index in [9.17, 15) is 14.0 Å². The van der Waals surface area contributed by atoms with E-state index < -0.39 is 17.1 Å². The lowest BCUT2D eigenvalue weighted by molar-refractivity contribution is 0.591. The first-order chi connectivity index (χ1) is 8.99. The van der Waals surface area contributed by atoms with Gasteiger partial charge in [-0.2, -0.15) is 0 Å². The normalized spacial score (nSPS) is 10.4. The lowest BCUT2D eigenvalue weighted by Gasteiger charge is -2.08. The molecule has 2 rings (SSSR count). The zero-order valence-electron chi connectivity index (χ0n) is 9.72. The highest BCUT2D eigenvalue weighted by Gasteiger charge is 2.10. The number of nitrogens with two attached hydrogens (primary N) is 1. The van der Waals surface area contributed by atoms with Gasteiger partial charge in [-0.15, -0.1) is 0 Å². The second-order valence-electron chi connectivity index (χ2n) is 3.88. The number of nitrogens with zero attached hydrogens (tertiary/aromatic N) is 1. The second-order valence-corrected chi connectivity index (χ2v) is 4.32. The molecule has 0 radical (unpaired) electrons. The Morgan fingerprint density at radius 1 is 1.37 bits per heavy atom. The summed E-state index contributed by atoms with van der Waals surface area (Å²) in [4.78, 5) is 24.5. The van der Waals surface area contributed by atoms with Crippen LogP contribution in [0.5, 0.6) is 0 Å². The van der Waals surface area contributed by atoms with Gasteiger partial charge in [0, 0.05) is 23.4 Å². The topological polar surface area (TPSA) is 80.9 Å². The molecular weight excluding hydrogens is 269 g/mol. The van der Waals surface area contributed by atoms with Gasteiger partial charge in [0.1, 0.15) is 10.8 Å². The van der Waals surface area contributed by atoms with Crippen molar-refractivity contribution < 1.29 is 4.39 Å². The van der Waals surface area contributed by atoms with E-state index >= 15 is 0 Å². The fraction of sp³-hybridized carbons (Fsp3) is 0.0833. The third-order valence-corrected chi connectivity index (χ3v) is 2.80. The Hall–Kier alpha value is -2.28. The van der Waals surface area contributed by atoms with Crippen LogP contribution in [0, 0.1) is 5.82 Å². The monoisotopic (exact) mass is 279 g/mol. The molecule has 0 saturated heterocycles. The molecular formula is C12H10FN3O2S. The van der Waals surface area contributed by atoms with Crippen molar-refractivity contribution in [3.63, 3.8) is 0 Å². The third-order valence-electron chi connectivity index (χ3n) is 2.58. The van der Waals surface area contributed by atoms with E-state index in [0.717, 1.165) is 0 Å². The molecule has 1 heterocycles. The molecule has 1 aromatic heterocycles. The molecule has 19 heavy (non-hydrogen) atoms. The number of nitrogens with one attached hydrogen (secondary N) is 1. The van der Waals surface area contributed by atoms with E-state index in [1.807, 2.05) is 0 Å². The van der Waals surface area contributed by atoms with Crippen molar-refractivity contribution in [3.8, 4) is 0 Å². The van der Waals surface area contributed by atoms with E-state index in [4.69, 9.17) is 18.0 Å². The molecule has 0 bridgehead atoms. The number of benzene rings is 1. The minimum absolute atomic E-state index is 0.0160. The van der Waals surface area contributed by atoms with Crippen LogP contribution in [0.1, 0.15) is 11.1 Å². The standard InChI is InChI=1S/C12H10FN3O2S/c13-10-7(2-1-3-8(10)11(14)19)6-16-5-4-9(17)15-12(16)18/h1-5H,6H2,(H2,14,19)(H,15,17,18). The number of aromatic amines is 1. The predicted molar refractivity (Wildman–Crippen MR) is 72.7 cm³/mol. The lowest BCUT2D eigenvalue weighted by Crippen LogP contribution is -2.29. The van der Waals surface area contributed by atoms with Gasteiger partial charge in [-0.3, -0.25) is 14.3 Å². The van der Waals surface area contributed by atoms with Gasteiger partial charge in [-0.25, -0.2) is 9.18 Å². The molecule has 1 aromatic carbocycles. The van der Waals surface area contributed by atoms with Crippen molar-refractivity contribution in [2.24, 2.45) is 5.73 Å². The quantitative estimate of drug-likeness (QED) is 0.795. The summed E-state index contributed by atoms with van der Waals surface area (Å²) in [6.45, 7) is -0.0160. The molecule has 98 valence electrons. The van der Waals surface area contributed by atoms with Crippen LogP contribution in [0.3, 0.4) is 0 Å². The molecule has 2 aromatic rings. The summed E-state index contributed by atoms with van der Waals surface area (Å²) in [5, 5.41) is 0. The zero-order valence-corrected chi connectivity index (χ0v) is 10.5. The van der Waals surface area contributed by atoms with Gasteiger partial charge in [0.25, 0.3) is 5.56 Å². The average molecular weight is 279 g/mol. The van der Waals surface area contributed by atoms with Crippen molar-refractivity contribution in [1.29, 1.82) is 0 Å². The fourth-order valence-corrected chi connectivity index (χ4v) is 1.80. The van der Waals surface area contributed by atoms with Gasteiger partial charge in [-0.1, -0.05) is 24.4 Å². The molecule has 0 spiro atoms. The first-order valence-corrected chi connectivity index (χ1v) is 5.77. The molecule has 0 aliphatic carbocycles. The third kappa shape index (κ3) is 2.76. The Bertz CT molecular complexity index is 751. The minimum atomic E-state index is -0.604. The van der Waals surface area contributed by atoms with Crippen molar-refractivity contribution in [2.75, 3.05) is 0 Å². The van der Waals surface area contributed by atoms with Gasteiger partial charge in [-0.05, 0) is 6.07 Å². The number of aromatic nitrogens is 2. The molecule has 0 aliphatic rings. The van der Waals surface area contributed by atoms with Crippen LogP contribution in [0.4, 0.5) is 4.39 Å². The first kappa shape index (κ1) is 13.2. The smallest absolute Gasteiger partial charge is 0.328 e. The van der Waals surface area contributed by atoms with Gasteiger partial charge in [0.2, 0.25) is 0 Å². The Morgan fingerprint density at radius 3 is 2.74 bits per heavy atom. The fourth-order valence-electron chi connectivity index (χ4n) is 1.64. The van der Waals surface area contributed by atoms with Crippen LogP contribution in [0.2, 0.25) is 0 Å². The minimum Gasteiger partial charge on any atom is -0.389 e. The van der Waals surface area contributed by atoms with E-state index in [2.05, 4.69) is 4.98 Å². The summed E-state index contributed by atoms with van der Waals surface area (Å²) in [6, 6.07) is 5.78. The number of H-pyrrole nitrogens is 1. The van der Waals surface area contributed by atoms with E-state index in [0.29, 0.717) is 0 Å². The summed E-state index contributed by atoms with van der Waals surface area (Å²) in [5.41, 5.74) is 4.69. The Balaban J connectivity index is 2.44. The first-order valence-electron chi connectivity index (χ1n) is 5.36. The number of rotatable bonds is 3. The average Bonchev–Trinajstić information content (AvgIpc) is 2.34. The predicted octanol–water partition coefficient (Wildman–Crippen LogP) is 0.358. The second kappa shape index (κ2) is 5.15. The lowest BCUT2D eigenvalue weighted by atomic mass is 10.1. The molecule has 7 heteroatoms. The van der Waals surface area contributed by atoms with Gasteiger partial charge in [0.05, 0.1) is 6.54 Å². The van der Waals surface area contributed by atoms with Gasteiger partial charge in [0.15, 0.2) is 0 Å². The maximum atomic E-state index is 14.1. The number of hydrogen-bond acceptors (Lipinski definition) is 3. The van der Waals surface area contributed by atoms with Crippen molar-refractivity contribution >= 4 is 17.2 Å². The van der Waals surface area contributed by atoms with Crippen LogP contribution in [0.25, 0.3) is 0 Å². The molecule has 3 N–H and O–H groups in total. The van der Waals surface area contributed by atoms with Crippen LogP contribution < -0.4 is 17.0 Å². The zero-order chi connectivity index (χ0) is 14.0. The van der Waals surface area contributed by atoms with E-state index in [-0.39, 0.29) is 22.7 Å². The Kier molecular flexibility index (Phi) is 3.57. The van der Waals surface area contributed by atoms with Gasteiger partial charge < -0.3 is 5.73 Å². The number of thiocarbonyl (C=S) groups is 1. The van der Waals surface area contributed by atoms with Crippen LogP contribution >= 0.6 is 12.2 Å². The van der Waals surface area contributed by atoms with Crippen LogP contribution in [0.15, 0.2) is 40.1 Å². The molecule has 0 unspecified atom stereocenters. The largest absolute Gasteiger partial charge is 0.389 e. The summed E-state index contributed by atoms with van der Waals surface area (Å²) in [5.74, 6) is -0.562. The molecule has 0 saturated carbocycles. The molecule has 0 aliphatic heterocycles. The SMILES string of the molecule is NC(=S)c1cccc(Cn2ccc(=O)[nH]c2=O)c1F. The molecule has 5 nitrogen and oxygen atoms in total. The van der Waals surface area contributed by atoms with Crippen molar-refractivity contribution in [2.45, 2.75) is 6.54 Å². The highest BCUT2D eigenvalue weighted by atomic mass is 32.1. The summed E-state index contributed by atoms with van der Waals surface area (Å²) in [6.07, 6.45) is 1.30. The summed E-state index contributed by atoms with van der Waals surface area (Å²) in [7, 11) is 0. The number of hydrogen-bond donors (Lipinski definition) is 2. The van der Waals surface area contributed by atoms with Crippen LogP contribution in [-0.2, 0) is 6.54 Å².